The first-order valence-corrected chi connectivity index (χ1v) is 7.41. The molecule has 0 radical (unpaired) electrons. The highest BCUT2D eigenvalue weighted by Crippen LogP contribution is 2.34. The van der Waals surface area contributed by atoms with Crippen LogP contribution in [0.15, 0.2) is 40.8 Å². The van der Waals surface area contributed by atoms with E-state index in [-0.39, 0.29) is 5.91 Å². The van der Waals surface area contributed by atoms with Crippen LogP contribution < -0.4 is 10.2 Å². The number of fused-ring (bicyclic) bond motifs is 1. The lowest BCUT2D eigenvalue weighted by atomic mass is 9.96. The largest absolute Gasteiger partial charge is 0.456 e. The van der Waals surface area contributed by atoms with Gasteiger partial charge in [-0.2, -0.15) is 0 Å². The zero-order valence-corrected chi connectivity index (χ0v) is 12.4. The van der Waals surface area contributed by atoms with E-state index in [4.69, 9.17) is 4.42 Å². The molecule has 1 aliphatic heterocycles. The third kappa shape index (κ3) is 2.59. The van der Waals surface area contributed by atoms with Crippen molar-refractivity contribution in [3.63, 3.8) is 0 Å². The van der Waals surface area contributed by atoms with Crippen molar-refractivity contribution in [2.24, 2.45) is 0 Å². The number of para-hydroxylation sites is 1. The molecule has 1 aromatic heterocycles. The van der Waals surface area contributed by atoms with Crippen molar-refractivity contribution in [2.45, 2.75) is 26.3 Å². The molecule has 0 fully saturated rings. The van der Waals surface area contributed by atoms with Crippen molar-refractivity contribution in [1.29, 1.82) is 0 Å². The maximum atomic E-state index is 12.7. The number of hydrogen-bond donors (Lipinski definition) is 1. The SMILES string of the molecule is CCNC1CCN(C(=O)c2ccc(C)o2)c2ccccc21. The summed E-state index contributed by atoms with van der Waals surface area (Å²) in [6.45, 7) is 5.57. The van der Waals surface area contributed by atoms with Crippen LogP contribution in [0.2, 0.25) is 0 Å². The number of nitrogens with one attached hydrogen (secondary N) is 1. The third-order valence-electron chi connectivity index (χ3n) is 3.89. The summed E-state index contributed by atoms with van der Waals surface area (Å²) in [6, 6.07) is 12.0. The van der Waals surface area contributed by atoms with E-state index in [1.807, 2.05) is 36.1 Å². The summed E-state index contributed by atoms with van der Waals surface area (Å²) in [7, 11) is 0. The van der Waals surface area contributed by atoms with Gasteiger partial charge in [-0.15, -0.1) is 0 Å². The molecule has 4 nitrogen and oxygen atoms in total. The zero-order chi connectivity index (χ0) is 14.8. The number of carbonyl (C=O) groups is 1. The molecular formula is C17H20N2O2. The van der Waals surface area contributed by atoms with Crippen LogP contribution in [0.1, 0.15) is 41.3 Å². The van der Waals surface area contributed by atoms with Crippen LogP contribution in [0, 0.1) is 6.92 Å². The molecule has 0 spiro atoms. The van der Waals surface area contributed by atoms with Gasteiger partial charge in [0.05, 0.1) is 0 Å². The number of nitrogens with zero attached hydrogens (tertiary/aromatic N) is 1. The van der Waals surface area contributed by atoms with Crippen LogP contribution in [0.5, 0.6) is 0 Å². The predicted molar refractivity (Wildman–Crippen MR) is 82.6 cm³/mol. The van der Waals surface area contributed by atoms with Crippen LogP contribution in [0.3, 0.4) is 0 Å². The Labute approximate surface area is 124 Å². The standard InChI is InChI=1S/C17H20N2O2/c1-3-18-14-10-11-19(15-7-5-4-6-13(14)15)17(20)16-9-8-12(2)21-16/h4-9,14,18H,3,10-11H2,1-2H3. The van der Waals surface area contributed by atoms with E-state index in [0.29, 0.717) is 18.3 Å². The molecule has 0 bridgehead atoms. The molecular weight excluding hydrogens is 264 g/mol. The predicted octanol–water partition coefficient (Wildman–Crippen LogP) is 3.29. The maximum Gasteiger partial charge on any atom is 0.293 e. The fourth-order valence-corrected chi connectivity index (χ4v) is 2.91. The van der Waals surface area contributed by atoms with Gasteiger partial charge in [-0.1, -0.05) is 25.1 Å². The molecule has 110 valence electrons. The first-order chi connectivity index (χ1) is 10.2. The summed E-state index contributed by atoms with van der Waals surface area (Å²) < 4.78 is 5.48. The smallest absolute Gasteiger partial charge is 0.293 e. The molecule has 2 aromatic rings. The summed E-state index contributed by atoms with van der Waals surface area (Å²) >= 11 is 0. The van der Waals surface area contributed by atoms with E-state index >= 15 is 0 Å². The van der Waals surface area contributed by atoms with Gasteiger partial charge in [0, 0.05) is 18.3 Å². The van der Waals surface area contributed by atoms with Crippen LogP contribution in [-0.2, 0) is 0 Å². The molecule has 1 N–H and O–H groups in total. The van der Waals surface area contributed by atoms with Crippen molar-refractivity contribution in [3.8, 4) is 0 Å². The molecule has 3 rings (SSSR count). The molecule has 21 heavy (non-hydrogen) atoms. The maximum absolute atomic E-state index is 12.7. The molecule has 0 saturated heterocycles. The summed E-state index contributed by atoms with van der Waals surface area (Å²) in [5.41, 5.74) is 2.16. The van der Waals surface area contributed by atoms with Crippen LogP contribution in [-0.4, -0.2) is 19.0 Å². The minimum Gasteiger partial charge on any atom is -0.456 e. The second-order valence-corrected chi connectivity index (χ2v) is 5.32. The summed E-state index contributed by atoms with van der Waals surface area (Å²) in [6.07, 6.45) is 0.913. The fourth-order valence-electron chi connectivity index (χ4n) is 2.91. The van der Waals surface area contributed by atoms with E-state index in [1.54, 1.807) is 6.07 Å². The second kappa shape index (κ2) is 5.74. The number of benzene rings is 1. The Kier molecular flexibility index (Phi) is 3.80. The average Bonchev–Trinajstić information content (AvgIpc) is 2.94. The molecule has 1 atom stereocenters. The van der Waals surface area contributed by atoms with Gasteiger partial charge in [-0.3, -0.25) is 4.79 Å². The van der Waals surface area contributed by atoms with Crippen molar-refractivity contribution >= 4 is 11.6 Å². The Morgan fingerprint density at radius 1 is 1.33 bits per heavy atom. The number of hydrogen-bond acceptors (Lipinski definition) is 3. The van der Waals surface area contributed by atoms with E-state index in [1.165, 1.54) is 5.56 Å². The number of carbonyl (C=O) groups excluding carboxylic acids is 1. The van der Waals surface area contributed by atoms with E-state index < -0.39 is 0 Å². The molecule has 1 unspecified atom stereocenters. The third-order valence-corrected chi connectivity index (χ3v) is 3.89. The Morgan fingerprint density at radius 3 is 2.86 bits per heavy atom. The van der Waals surface area contributed by atoms with Gasteiger partial charge < -0.3 is 14.6 Å². The number of furan rings is 1. The molecule has 4 heteroatoms. The average molecular weight is 284 g/mol. The minimum absolute atomic E-state index is 0.0644. The van der Waals surface area contributed by atoms with E-state index in [2.05, 4.69) is 18.3 Å². The number of rotatable bonds is 3. The van der Waals surface area contributed by atoms with Crippen LogP contribution in [0.25, 0.3) is 0 Å². The normalized spacial score (nSPS) is 17.6. The van der Waals surface area contributed by atoms with Gasteiger partial charge in [-0.25, -0.2) is 0 Å². The van der Waals surface area contributed by atoms with Crippen molar-refractivity contribution < 1.29 is 9.21 Å². The van der Waals surface area contributed by atoms with Crippen LogP contribution in [0.4, 0.5) is 5.69 Å². The number of anilines is 1. The minimum atomic E-state index is -0.0644. The molecule has 0 saturated carbocycles. The summed E-state index contributed by atoms with van der Waals surface area (Å²) in [4.78, 5) is 14.5. The van der Waals surface area contributed by atoms with Crippen molar-refractivity contribution in [2.75, 3.05) is 18.0 Å². The Bertz CT molecular complexity index is 648. The Balaban J connectivity index is 1.94. The molecule has 1 aliphatic rings. The first kappa shape index (κ1) is 13.9. The highest BCUT2D eigenvalue weighted by Gasteiger charge is 2.29. The summed E-state index contributed by atoms with van der Waals surface area (Å²) in [5, 5.41) is 3.48. The Hall–Kier alpha value is -2.07. The topological polar surface area (TPSA) is 45.5 Å². The second-order valence-electron chi connectivity index (χ2n) is 5.32. The number of amides is 1. The highest BCUT2D eigenvalue weighted by molar-refractivity contribution is 6.05. The first-order valence-electron chi connectivity index (χ1n) is 7.41. The van der Waals surface area contributed by atoms with Crippen LogP contribution >= 0.6 is 0 Å². The van der Waals surface area contributed by atoms with Gasteiger partial charge in [-0.05, 0) is 43.7 Å². The van der Waals surface area contributed by atoms with Crippen molar-refractivity contribution in [3.05, 3.63) is 53.5 Å². The molecule has 0 aliphatic carbocycles. The fraction of sp³-hybridized carbons (Fsp3) is 0.353. The quantitative estimate of drug-likeness (QED) is 0.940. The van der Waals surface area contributed by atoms with Gasteiger partial charge in [0.2, 0.25) is 0 Å². The molecule has 1 amide bonds. The molecule has 2 heterocycles. The van der Waals surface area contributed by atoms with Gasteiger partial charge in [0.15, 0.2) is 5.76 Å². The van der Waals surface area contributed by atoms with E-state index in [0.717, 1.165) is 24.4 Å². The van der Waals surface area contributed by atoms with Gasteiger partial charge in [0.25, 0.3) is 5.91 Å². The number of aryl methyl sites for hydroxylation is 1. The highest BCUT2D eigenvalue weighted by atomic mass is 16.3. The van der Waals surface area contributed by atoms with E-state index in [9.17, 15) is 4.79 Å². The van der Waals surface area contributed by atoms with Gasteiger partial charge >= 0.3 is 0 Å². The monoisotopic (exact) mass is 284 g/mol. The van der Waals surface area contributed by atoms with Crippen molar-refractivity contribution in [1.82, 2.24) is 5.32 Å². The van der Waals surface area contributed by atoms with Gasteiger partial charge in [0.1, 0.15) is 5.76 Å². The zero-order valence-electron chi connectivity index (χ0n) is 12.4. The lowest BCUT2D eigenvalue weighted by molar-refractivity contribution is 0.0955. The Morgan fingerprint density at radius 2 is 2.14 bits per heavy atom. The summed E-state index contributed by atoms with van der Waals surface area (Å²) in [5.74, 6) is 1.10. The molecule has 1 aromatic carbocycles. The lowest BCUT2D eigenvalue weighted by Gasteiger charge is -2.34. The lowest BCUT2D eigenvalue weighted by Crippen LogP contribution is -2.39.